The molecule has 0 atom stereocenters. The Morgan fingerprint density at radius 2 is 1.76 bits per heavy atom. The molecule has 0 aliphatic rings. The summed E-state index contributed by atoms with van der Waals surface area (Å²) in [4.78, 5) is 1.24. The van der Waals surface area contributed by atoms with Gasteiger partial charge in [-0.25, -0.2) is 27.3 Å². The zero-order chi connectivity index (χ0) is 13.4. The summed E-state index contributed by atoms with van der Waals surface area (Å²) < 4.78 is 83.2. The van der Waals surface area contributed by atoms with Crippen molar-refractivity contribution in [1.82, 2.24) is 4.98 Å². The van der Waals surface area contributed by atoms with Crippen LogP contribution in [-0.2, 0) is 16.2 Å². The van der Waals surface area contributed by atoms with Crippen molar-refractivity contribution < 1.29 is 30.4 Å². The van der Waals surface area contributed by atoms with Crippen molar-refractivity contribution in [1.29, 1.82) is 0 Å². The Labute approximate surface area is 92.3 Å². The van der Waals surface area contributed by atoms with Crippen molar-refractivity contribution in [3.05, 3.63) is 23.5 Å². The van der Waals surface area contributed by atoms with Crippen molar-refractivity contribution in [2.24, 2.45) is 5.14 Å². The number of pyridine rings is 1. The number of hydrogen-bond acceptors (Lipinski definition) is 3. The number of rotatable bonds is 2. The number of nitrogens with zero attached hydrogens (tertiary/aromatic N) is 1. The van der Waals surface area contributed by atoms with Crippen molar-refractivity contribution in [3.63, 3.8) is 0 Å². The van der Waals surface area contributed by atoms with Crippen LogP contribution in [0.1, 0.15) is 17.8 Å². The van der Waals surface area contributed by atoms with Gasteiger partial charge in [0.05, 0.1) is 0 Å². The highest BCUT2D eigenvalue weighted by Crippen LogP contribution is 2.33. The average molecular weight is 276 g/mol. The van der Waals surface area contributed by atoms with Crippen LogP contribution in [0.5, 0.6) is 0 Å². The topological polar surface area (TPSA) is 73.1 Å². The van der Waals surface area contributed by atoms with Gasteiger partial charge in [0.1, 0.15) is 10.6 Å². The van der Waals surface area contributed by atoms with Gasteiger partial charge in [0, 0.05) is 0 Å². The van der Waals surface area contributed by atoms with E-state index in [9.17, 15) is 30.4 Å². The fraction of sp³-hybridized carbons (Fsp3) is 0.286. The fourth-order valence-electron chi connectivity index (χ4n) is 1.02. The van der Waals surface area contributed by atoms with Gasteiger partial charge in [-0.1, -0.05) is 0 Å². The summed E-state index contributed by atoms with van der Waals surface area (Å²) in [5.74, 6) is 0. The monoisotopic (exact) mass is 276 g/mol. The number of sulfonamides is 1. The lowest BCUT2D eigenvalue weighted by molar-refractivity contribution is -0.143. The van der Waals surface area contributed by atoms with Crippen LogP contribution in [0.4, 0.5) is 22.0 Å². The SMILES string of the molecule is NS(=O)(=O)c1ccc(C(F)F)nc1C(F)(F)F. The number of hydrogen-bond donors (Lipinski definition) is 1. The van der Waals surface area contributed by atoms with E-state index in [2.05, 4.69) is 10.1 Å². The molecule has 2 N–H and O–H groups in total. The van der Waals surface area contributed by atoms with Gasteiger partial charge in [0.2, 0.25) is 10.0 Å². The lowest BCUT2D eigenvalue weighted by Gasteiger charge is -2.11. The van der Waals surface area contributed by atoms with E-state index >= 15 is 0 Å². The van der Waals surface area contributed by atoms with E-state index < -0.39 is 38.9 Å². The Hall–Kier alpha value is -1.29. The number of alkyl halides is 5. The van der Waals surface area contributed by atoms with E-state index in [1.54, 1.807) is 0 Å². The second-order valence-electron chi connectivity index (χ2n) is 2.93. The predicted octanol–water partition coefficient (Wildman–Crippen LogP) is 1.69. The number of primary sulfonamides is 1. The summed E-state index contributed by atoms with van der Waals surface area (Å²) in [6.45, 7) is 0. The molecule has 0 aliphatic heterocycles. The molecule has 0 spiro atoms. The second kappa shape index (κ2) is 4.18. The highest BCUT2D eigenvalue weighted by atomic mass is 32.2. The van der Waals surface area contributed by atoms with Crippen molar-refractivity contribution in [2.45, 2.75) is 17.5 Å². The van der Waals surface area contributed by atoms with Gasteiger partial charge >= 0.3 is 6.18 Å². The van der Waals surface area contributed by atoms with Crippen LogP contribution in [0.2, 0.25) is 0 Å². The summed E-state index contributed by atoms with van der Waals surface area (Å²) in [6, 6.07) is 0.826. The zero-order valence-corrected chi connectivity index (χ0v) is 8.69. The molecule has 0 fully saturated rings. The maximum atomic E-state index is 12.4. The second-order valence-corrected chi connectivity index (χ2v) is 4.46. The number of aromatic nitrogens is 1. The van der Waals surface area contributed by atoms with Gasteiger partial charge in [-0.15, -0.1) is 0 Å². The maximum Gasteiger partial charge on any atom is 0.434 e. The lowest BCUT2D eigenvalue weighted by Crippen LogP contribution is -2.21. The third kappa shape index (κ3) is 3.09. The smallest absolute Gasteiger partial charge is 0.241 e. The summed E-state index contributed by atoms with van der Waals surface area (Å²) in [6.07, 6.45) is -8.43. The van der Waals surface area contributed by atoms with E-state index in [1.807, 2.05) is 0 Å². The van der Waals surface area contributed by atoms with Gasteiger partial charge in [-0.05, 0) is 12.1 Å². The Kier molecular flexibility index (Phi) is 3.39. The van der Waals surface area contributed by atoms with Gasteiger partial charge in [0.25, 0.3) is 6.43 Å². The maximum absolute atomic E-state index is 12.4. The fourth-order valence-corrected chi connectivity index (χ4v) is 1.70. The summed E-state index contributed by atoms with van der Waals surface area (Å²) in [5.41, 5.74) is -3.12. The molecule has 96 valence electrons. The van der Waals surface area contributed by atoms with Gasteiger partial charge < -0.3 is 0 Å². The zero-order valence-electron chi connectivity index (χ0n) is 7.87. The molecule has 10 heteroatoms. The Morgan fingerprint density at radius 3 is 2.12 bits per heavy atom. The molecule has 0 bridgehead atoms. The van der Waals surface area contributed by atoms with Crippen molar-refractivity contribution in [2.75, 3.05) is 0 Å². The van der Waals surface area contributed by atoms with Crippen LogP contribution < -0.4 is 5.14 Å². The molecule has 0 saturated heterocycles. The van der Waals surface area contributed by atoms with E-state index in [0.717, 1.165) is 0 Å². The third-order valence-corrected chi connectivity index (χ3v) is 2.62. The van der Waals surface area contributed by atoms with Gasteiger partial charge in [-0.3, -0.25) is 0 Å². The molecule has 1 heterocycles. The third-order valence-electron chi connectivity index (χ3n) is 1.68. The van der Waals surface area contributed by atoms with E-state index in [4.69, 9.17) is 0 Å². The first-order chi connectivity index (χ1) is 7.53. The molecule has 0 aliphatic carbocycles. The molecular formula is C7H5F5N2O2S. The molecule has 1 aromatic heterocycles. The highest BCUT2D eigenvalue weighted by Gasteiger charge is 2.39. The Morgan fingerprint density at radius 1 is 1.24 bits per heavy atom. The minimum absolute atomic E-state index is 0.354. The quantitative estimate of drug-likeness (QED) is 0.835. The molecule has 17 heavy (non-hydrogen) atoms. The molecule has 0 unspecified atom stereocenters. The van der Waals surface area contributed by atoms with Crippen LogP contribution in [0.3, 0.4) is 0 Å². The number of halogens is 5. The lowest BCUT2D eigenvalue weighted by atomic mass is 10.3. The van der Waals surface area contributed by atoms with E-state index in [1.165, 1.54) is 0 Å². The first-order valence-electron chi connectivity index (χ1n) is 3.92. The molecule has 4 nitrogen and oxygen atoms in total. The minimum atomic E-state index is -5.19. The predicted molar refractivity (Wildman–Crippen MR) is 45.6 cm³/mol. The van der Waals surface area contributed by atoms with Crippen LogP contribution in [0.15, 0.2) is 17.0 Å². The molecule has 0 aromatic carbocycles. The van der Waals surface area contributed by atoms with Gasteiger partial charge in [0.15, 0.2) is 5.69 Å². The minimum Gasteiger partial charge on any atom is -0.241 e. The largest absolute Gasteiger partial charge is 0.434 e. The van der Waals surface area contributed by atoms with Crippen LogP contribution >= 0.6 is 0 Å². The summed E-state index contributed by atoms with van der Waals surface area (Å²) in [7, 11) is -4.69. The molecular weight excluding hydrogens is 271 g/mol. The number of nitrogens with two attached hydrogens (primary N) is 1. The summed E-state index contributed by atoms with van der Waals surface area (Å²) >= 11 is 0. The summed E-state index contributed by atoms with van der Waals surface area (Å²) in [5, 5.41) is 4.53. The Balaban J connectivity index is 3.55. The Bertz CT molecular complexity index is 526. The van der Waals surface area contributed by atoms with E-state index in [0.29, 0.717) is 12.1 Å². The average Bonchev–Trinajstić information content (AvgIpc) is 2.14. The standard InChI is InChI=1S/C7H5F5N2O2S/c8-6(9)3-1-2-4(17(13,15)16)5(14-3)7(10,11)12/h1-2,6H,(H2,13,15,16). The first-order valence-corrected chi connectivity index (χ1v) is 5.47. The van der Waals surface area contributed by atoms with Crippen LogP contribution in [-0.4, -0.2) is 13.4 Å². The molecule has 1 aromatic rings. The van der Waals surface area contributed by atoms with Crippen LogP contribution in [0.25, 0.3) is 0 Å². The van der Waals surface area contributed by atoms with Gasteiger partial charge in [-0.2, -0.15) is 13.2 Å². The molecule has 0 saturated carbocycles. The first kappa shape index (κ1) is 13.8. The van der Waals surface area contributed by atoms with Crippen molar-refractivity contribution >= 4 is 10.0 Å². The molecule has 0 amide bonds. The van der Waals surface area contributed by atoms with Crippen molar-refractivity contribution in [3.8, 4) is 0 Å². The highest BCUT2D eigenvalue weighted by molar-refractivity contribution is 7.89. The van der Waals surface area contributed by atoms with E-state index in [-0.39, 0.29) is 0 Å². The van der Waals surface area contributed by atoms with Crippen LogP contribution in [0, 0.1) is 0 Å². The normalized spacial score (nSPS) is 13.1. The molecule has 1 rings (SSSR count). The molecule has 0 radical (unpaired) electrons.